The summed E-state index contributed by atoms with van der Waals surface area (Å²) in [5.41, 5.74) is 3.70. The number of hydrogen-bond acceptors (Lipinski definition) is 7. The monoisotopic (exact) mass is 462 g/mol. The number of methoxy groups -OCH3 is 3. The lowest BCUT2D eigenvalue weighted by atomic mass is 10.1. The smallest absolute Gasteiger partial charge is 0.254 e. The van der Waals surface area contributed by atoms with E-state index in [-0.39, 0.29) is 5.91 Å². The number of amides is 1. The number of ether oxygens (including phenoxy) is 3. The molecular formula is C26H30N4O4. The topological polar surface area (TPSA) is 77.0 Å². The molecule has 1 aromatic heterocycles. The molecule has 1 aliphatic rings. The van der Waals surface area contributed by atoms with Gasteiger partial charge in [-0.25, -0.2) is 0 Å². The van der Waals surface area contributed by atoms with Gasteiger partial charge in [0, 0.05) is 37.3 Å². The molecule has 0 aliphatic carbocycles. The number of hydrogen-bond donors (Lipinski definition) is 0. The third-order valence-corrected chi connectivity index (χ3v) is 6.11. The molecule has 1 aliphatic heterocycles. The van der Waals surface area contributed by atoms with Crippen molar-refractivity contribution in [3.05, 3.63) is 59.7 Å². The molecule has 8 heteroatoms. The van der Waals surface area contributed by atoms with Crippen LogP contribution in [0.5, 0.6) is 17.2 Å². The quantitative estimate of drug-likeness (QED) is 0.530. The number of aryl methyl sites for hydroxylation is 1. The fraction of sp³-hybridized carbons (Fsp3) is 0.346. The van der Waals surface area contributed by atoms with Gasteiger partial charge in [0.25, 0.3) is 5.91 Å². The highest BCUT2D eigenvalue weighted by Gasteiger charge is 2.25. The molecule has 1 amide bonds. The highest BCUT2D eigenvalue weighted by atomic mass is 16.5. The van der Waals surface area contributed by atoms with Crippen LogP contribution in [0, 0.1) is 0 Å². The Morgan fingerprint density at radius 3 is 2.00 bits per heavy atom. The second-order valence-electron chi connectivity index (χ2n) is 8.02. The summed E-state index contributed by atoms with van der Waals surface area (Å²) in [5.74, 6) is 2.13. The average molecular weight is 463 g/mol. The van der Waals surface area contributed by atoms with Gasteiger partial charge in [-0.05, 0) is 36.2 Å². The SMILES string of the molecule is CCc1ccc(-c2ccc(N3CCN(C(=O)c4cc(OC)c(OC)c(OC)c4)CC3)nn2)cc1. The Morgan fingerprint density at radius 1 is 0.853 bits per heavy atom. The number of aromatic nitrogens is 2. The Bertz CT molecular complexity index is 1100. The normalized spacial score (nSPS) is 13.5. The summed E-state index contributed by atoms with van der Waals surface area (Å²) in [7, 11) is 4.62. The van der Waals surface area contributed by atoms with Crippen molar-refractivity contribution in [1.29, 1.82) is 0 Å². The summed E-state index contributed by atoms with van der Waals surface area (Å²) in [6.07, 6.45) is 1.01. The van der Waals surface area contributed by atoms with Crippen molar-refractivity contribution in [2.75, 3.05) is 52.4 Å². The van der Waals surface area contributed by atoms with Crippen LogP contribution in [0.4, 0.5) is 5.82 Å². The van der Waals surface area contributed by atoms with Gasteiger partial charge in [-0.3, -0.25) is 4.79 Å². The van der Waals surface area contributed by atoms with E-state index in [9.17, 15) is 4.79 Å². The van der Waals surface area contributed by atoms with Crippen molar-refractivity contribution in [2.45, 2.75) is 13.3 Å². The van der Waals surface area contributed by atoms with E-state index in [4.69, 9.17) is 14.2 Å². The van der Waals surface area contributed by atoms with Crippen molar-refractivity contribution in [3.8, 4) is 28.5 Å². The Morgan fingerprint density at radius 2 is 1.50 bits per heavy atom. The van der Waals surface area contributed by atoms with Gasteiger partial charge in [0.15, 0.2) is 17.3 Å². The number of carbonyl (C=O) groups excluding carboxylic acids is 1. The predicted molar refractivity (Wildman–Crippen MR) is 131 cm³/mol. The summed E-state index contributed by atoms with van der Waals surface area (Å²) in [6.45, 7) is 4.65. The number of rotatable bonds is 7. The lowest BCUT2D eigenvalue weighted by molar-refractivity contribution is 0.0745. The molecule has 2 aromatic carbocycles. The molecule has 0 unspecified atom stereocenters. The summed E-state index contributed by atoms with van der Waals surface area (Å²) >= 11 is 0. The van der Waals surface area contributed by atoms with Gasteiger partial charge in [0.05, 0.1) is 27.0 Å². The van der Waals surface area contributed by atoms with Gasteiger partial charge < -0.3 is 24.0 Å². The number of anilines is 1. The number of benzene rings is 2. The minimum Gasteiger partial charge on any atom is -0.493 e. The van der Waals surface area contributed by atoms with Crippen molar-refractivity contribution in [3.63, 3.8) is 0 Å². The third-order valence-electron chi connectivity index (χ3n) is 6.11. The Balaban J connectivity index is 1.41. The number of carbonyl (C=O) groups is 1. The van der Waals surface area contributed by atoms with Crippen molar-refractivity contribution < 1.29 is 19.0 Å². The van der Waals surface area contributed by atoms with E-state index in [1.165, 1.54) is 19.8 Å². The van der Waals surface area contributed by atoms with Crippen molar-refractivity contribution >= 4 is 11.7 Å². The highest BCUT2D eigenvalue weighted by molar-refractivity contribution is 5.95. The zero-order valence-corrected chi connectivity index (χ0v) is 20.1. The fourth-order valence-electron chi connectivity index (χ4n) is 4.08. The van der Waals surface area contributed by atoms with Gasteiger partial charge in [-0.1, -0.05) is 31.2 Å². The van der Waals surface area contributed by atoms with Crippen LogP contribution in [0.3, 0.4) is 0 Å². The molecule has 3 aromatic rings. The first kappa shape index (κ1) is 23.4. The molecule has 1 saturated heterocycles. The van der Waals surface area contributed by atoms with Crippen LogP contribution in [0.25, 0.3) is 11.3 Å². The van der Waals surface area contributed by atoms with Crippen LogP contribution in [0.1, 0.15) is 22.8 Å². The van der Waals surface area contributed by atoms with E-state index in [0.29, 0.717) is 49.0 Å². The van der Waals surface area contributed by atoms with Crippen molar-refractivity contribution in [2.24, 2.45) is 0 Å². The standard InChI is InChI=1S/C26H30N4O4/c1-5-18-6-8-19(9-7-18)21-10-11-24(28-27-21)29-12-14-30(15-13-29)26(31)20-16-22(32-2)25(34-4)23(17-20)33-3/h6-11,16-17H,5,12-15H2,1-4H3. The van der Waals surface area contributed by atoms with E-state index in [2.05, 4.69) is 46.3 Å². The Labute approximate surface area is 200 Å². The van der Waals surface area contributed by atoms with E-state index in [1.807, 2.05) is 17.0 Å². The van der Waals surface area contributed by atoms with Crippen LogP contribution in [0.15, 0.2) is 48.5 Å². The summed E-state index contributed by atoms with van der Waals surface area (Å²) < 4.78 is 16.1. The second kappa shape index (κ2) is 10.4. The van der Waals surface area contributed by atoms with E-state index < -0.39 is 0 Å². The minimum absolute atomic E-state index is 0.0733. The van der Waals surface area contributed by atoms with Crippen molar-refractivity contribution in [1.82, 2.24) is 15.1 Å². The molecular weight excluding hydrogens is 432 g/mol. The lowest BCUT2D eigenvalue weighted by Crippen LogP contribution is -2.49. The molecule has 0 bridgehead atoms. The maximum atomic E-state index is 13.2. The maximum Gasteiger partial charge on any atom is 0.254 e. The van der Waals surface area contributed by atoms with Gasteiger partial charge in [-0.2, -0.15) is 0 Å². The number of piperazine rings is 1. The zero-order valence-electron chi connectivity index (χ0n) is 20.1. The van der Waals surface area contributed by atoms with Crippen LogP contribution in [-0.2, 0) is 6.42 Å². The Kier molecular flexibility index (Phi) is 7.15. The van der Waals surface area contributed by atoms with Crippen LogP contribution in [-0.4, -0.2) is 68.5 Å². The molecule has 1 fully saturated rings. The largest absolute Gasteiger partial charge is 0.493 e. The van der Waals surface area contributed by atoms with Crippen LogP contribution < -0.4 is 19.1 Å². The molecule has 0 radical (unpaired) electrons. The molecule has 0 atom stereocenters. The summed E-state index contributed by atoms with van der Waals surface area (Å²) in [4.78, 5) is 17.1. The van der Waals surface area contributed by atoms with E-state index in [0.717, 1.165) is 23.5 Å². The third kappa shape index (κ3) is 4.76. The molecule has 178 valence electrons. The van der Waals surface area contributed by atoms with Gasteiger partial charge >= 0.3 is 0 Å². The minimum atomic E-state index is -0.0733. The van der Waals surface area contributed by atoms with E-state index >= 15 is 0 Å². The fourth-order valence-corrected chi connectivity index (χ4v) is 4.08. The second-order valence-corrected chi connectivity index (χ2v) is 8.02. The molecule has 2 heterocycles. The molecule has 8 nitrogen and oxygen atoms in total. The molecule has 0 N–H and O–H groups in total. The molecule has 4 rings (SSSR count). The number of nitrogens with zero attached hydrogens (tertiary/aromatic N) is 4. The van der Waals surface area contributed by atoms with Crippen LogP contribution in [0.2, 0.25) is 0 Å². The van der Waals surface area contributed by atoms with Gasteiger partial charge in [0.2, 0.25) is 5.75 Å². The first-order chi connectivity index (χ1) is 16.6. The van der Waals surface area contributed by atoms with Crippen LogP contribution >= 0.6 is 0 Å². The zero-order chi connectivity index (χ0) is 24.1. The first-order valence-corrected chi connectivity index (χ1v) is 11.3. The van der Waals surface area contributed by atoms with E-state index in [1.54, 1.807) is 19.2 Å². The maximum absolute atomic E-state index is 13.2. The molecule has 0 spiro atoms. The predicted octanol–water partition coefficient (Wildman–Crippen LogP) is 3.69. The molecule has 0 saturated carbocycles. The van der Waals surface area contributed by atoms with Gasteiger partial charge in [0.1, 0.15) is 0 Å². The first-order valence-electron chi connectivity index (χ1n) is 11.3. The molecule has 34 heavy (non-hydrogen) atoms. The average Bonchev–Trinajstić information content (AvgIpc) is 2.92. The Hall–Kier alpha value is -3.81. The lowest BCUT2D eigenvalue weighted by Gasteiger charge is -2.35. The van der Waals surface area contributed by atoms with Gasteiger partial charge in [-0.15, -0.1) is 10.2 Å². The highest BCUT2D eigenvalue weighted by Crippen LogP contribution is 2.38. The summed E-state index contributed by atoms with van der Waals surface area (Å²) in [6, 6.07) is 15.8. The summed E-state index contributed by atoms with van der Waals surface area (Å²) in [5, 5.41) is 8.86.